The van der Waals surface area contributed by atoms with Gasteiger partial charge in [-0.1, -0.05) is 24.3 Å². The van der Waals surface area contributed by atoms with Crippen LogP contribution in [0.3, 0.4) is 0 Å². The number of carbonyl (C=O) groups is 1. The SMILES string of the molecule is Cc1nn(-c2ccccn2)c2c1[C@H](c1ccnn1-c1ccccc1)CC(=O)N2. The van der Waals surface area contributed by atoms with Crippen molar-refractivity contribution < 1.29 is 4.79 Å². The molecule has 5 rings (SSSR count). The molecule has 1 N–H and O–H groups in total. The van der Waals surface area contributed by atoms with E-state index in [4.69, 9.17) is 0 Å². The number of para-hydroxylation sites is 1. The van der Waals surface area contributed by atoms with Crippen LogP contribution in [-0.2, 0) is 4.79 Å². The van der Waals surface area contributed by atoms with Crippen molar-refractivity contribution in [2.24, 2.45) is 0 Å². The quantitative estimate of drug-likeness (QED) is 0.601. The summed E-state index contributed by atoms with van der Waals surface area (Å²) in [4.78, 5) is 16.9. The number of carbonyl (C=O) groups excluding carboxylic acids is 1. The molecule has 28 heavy (non-hydrogen) atoms. The average Bonchev–Trinajstić information content (AvgIpc) is 3.34. The highest BCUT2D eigenvalue weighted by Crippen LogP contribution is 2.40. The normalized spacial score (nSPS) is 15.9. The predicted octanol–water partition coefficient (Wildman–Crippen LogP) is 3.24. The molecule has 3 aromatic heterocycles. The fraction of sp³-hybridized carbons (Fsp3) is 0.143. The number of anilines is 1. The molecule has 1 aliphatic rings. The molecule has 0 saturated carbocycles. The van der Waals surface area contributed by atoms with Gasteiger partial charge in [-0.05, 0) is 37.3 Å². The molecule has 0 saturated heterocycles. The zero-order chi connectivity index (χ0) is 19.1. The number of benzene rings is 1. The largest absolute Gasteiger partial charge is 0.310 e. The number of pyridine rings is 1. The lowest BCUT2D eigenvalue weighted by molar-refractivity contribution is -0.116. The van der Waals surface area contributed by atoms with E-state index < -0.39 is 0 Å². The number of rotatable bonds is 3. The van der Waals surface area contributed by atoms with Gasteiger partial charge in [-0.25, -0.2) is 9.67 Å². The molecule has 7 nitrogen and oxygen atoms in total. The lowest BCUT2D eigenvalue weighted by Crippen LogP contribution is -2.26. The summed E-state index contributed by atoms with van der Waals surface area (Å²) < 4.78 is 3.60. The summed E-state index contributed by atoms with van der Waals surface area (Å²) in [6.45, 7) is 1.96. The van der Waals surface area contributed by atoms with Gasteiger partial charge in [0.25, 0.3) is 0 Å². The van der Waals surface area contributed by atoms with Crippen LogP contribution in [0.5, 0.6) is 0 Å². The standard InChI is InChI=1S/C21H18N6O/c1-14-20-16(17-10-12-23-26(17)15-7-3-2-4-8-15)13-19(28)24-21(20)27(25-14)18-9-5-6-11-22-18/h2-12,16H,13H2,1H3,(H,24,28)/t16-/m0/s1. The summed E-state index contributed by atoms with van der Waals surface area (Å²) in [5.41, 5.74) is 3.80. The van der Waals surface area contributed by atoms with Crippen molar-refractivity contribution in [3.8, 4) is 11.5 Å². The van der Waals surface area contributed by atoms with E-state index in [1.54, 1.807) is 17.1 Å². The molecule has 1 atom stereocenters. The Labute approximate surface area is 161 Å². The Hall–Kier alpha value is -3.74. The molecule has 0 bridgehead atoms. The van der Waals surface area contributed by atoms with Crippen LogP contribution in [0.4, 0.5) is 5.82 Å². The lowest BCUT2D eigenvalue weighted by Gasteiger charge is -2.24. The summed E-state index contributed by atoms with van der Waals surface area (Å²) in [6.07, 6.45) is 3.83. The molecular weight excluding hydrogens is 352 g/mol. The summed E-state index contributed by atoms with van der Waals surface area (Å²) in [7, 11) is 0. The maximum absolute atomic E-state index is 12.6. The number of aromatic nitrogens is 5. The Bertz CT molecular complexity index is 1150. The van der Waals surface area contributed by atoms with Gasteiger partial charge in [-0.2, -0.15) is 14.9 Å². The third-order valence-electron chi connectivity index (χ3n) is 5.00. The van der Waals surface area contributed by atoms with Crippen molar-refractivity contribution in [3.05, 3.63) is 83.9 Å². The molecule has 1 aliphatic heterocycles. The molecule has 0 unspecified atom stereocenters. The van der Waals surface area contributed by atoms with E-state index in [0.717, 1.165) is 22.6 Å². The van der Waals surface area contributed by atoms with E-state index in [1.165, 1.54) is 0 Å². The highest BCUT2D eigenvalue weighted by atomic mass is 16.1. The van der Waals surface area contributed by atoms with Crippen molar-refractivity contribution >= 4 is 11.7 Å². The fourth-order valence-corrected chi connectivity index (χ4v) is 3.81. The first-order valence-corrected chi connectivity index (χ1v) is 9.12. The Morgan fingerprint density at radius 2 is 1.82 bits per heavy atom. The first kappa shape index (κ1) is 16.4. The molecule has 4 heterocycles. The van der Waals surface area contributed by atoms with E-state index in [1.807, 2.05) is 66.2 Å². The number of hydrogen-bond donors (Lipinski definition) is 1. The Kier molecular flexibility index (Phi) is 3.79. The highest BCUT2D eigenvalue weighted by molar-refractivity contribution is 5.95. The van der Waals surface area contributed by atoms with Gasteiger partial charge in [0.2, 0.25) is 5.91 Å². The van der Waals surface area contributed by atoms with Crippen LogP contribution in [0.1, 0.15) is 29.3 Å². The minimum Gasteiger partial charge on any atom is -0.310 e. The van der Waals surface area contributed by atoms with Crippen molar-refractivity contribution in [2.75, 3.05) is 5.32 Å². The molecule has 7 heteroatoms. The molecule has 0 fully saturated rings. The van der Waals surface area contributed by atoms with E-state index in [9.17, 15) is 4.79 Å². The second kappa shape index (κ2) is 6.45. The van der Waals surface area contributed by atoms with E-state index >= 15 is 0 Å². The first-order valence-electron chi connectivity index (χ1n) is 9.12. The van der Waals surface area contributed by atoms with E-state index in [0.29, 0.717) is 18.1 Å². The van der Waals surface area contributed by atoms with Crippen LogP contribution in [0.25, 0.3) is 11.5 Å². The molecule has 0 spiro atoms. The van der Waals surface area contributed by atoms with Gasteiger partial charge in [-0.3, -0.25) is 4.79 Å². The third-order valence-corrected chi connectivity index (χ3v) is 5.00. The van der Waals surface area contributed by atoms with Crippen molar-refractivity contribution in [1.29, 1.82) is 0 Å². The molecular formula is C21H18N6O. The molecule has 4 aromatic rings. The van der Waals surface area contributed by atoms with Crippen LogP contribution < -0.4 is 5.32 Å². The fourth-order valence-electron chi connectivity index (χ4n) is 3.81. The van der Waals surface area contributed by atoms with Crippen LogP contribution in [0.2, 0.25) is 0 Å². The lowest BCUT2D eigenvalue weighted by atomic mass is 9.89. The number of nitrogens with zero attached hydrogens (tertiary/aromatic N) is 5. The summed E-state index contributed by atoms with van der Waals surface area (Å²) in [6, 6.07) is 17.5. The van der Waals surface area contributed by atoms with Gasteiger partial charge < -0.3 is 5.32 Å². The maximum atomic E-state index is 12.6. The second-order valence-electron chi connectivity index (χ2n) is 6.76. The Morgan fingerprint density at radius 3 is 2.61 bits per heavy atom. The monoisotopic (exact) mass is 370 g/mol. The van der Waals surface area contributed by atoms with Crippen molar-refractivity contribution in [2.45, 2.75) is 19.3 Å². The number of nitrogens with one attached hydrogen (secondary N) is 1. The van der Waals surface area contributed by atoms with E-state index in [-0.39, 0.29) is 11.8 Å². The third kappa shape index (κ3) is 2.60. The van der Waals surface area contributed by atoms with Crippen LogP contribution >= 0.6 is 0 Å². The number of aryl methyl sites for hydroxylation is 1. The van der Waals surface area contributed by atoms with Gasteiger partial charge in [0, 0.05) is 30.3 Å². The maximum Gasteiger partial charge on any atom is 0.226 e. The number of hydrogen-bond acceptors (Lipinski definition) is 4. The minimum atomic E-state index is -0.135. The zero-order valence-corrected chi connectivity index (χ0v) is 15.3. The van der Waals surface area contributed by atoms with Gasteiger partial charge in [0.05, 0.1) is 17.1 Å². The highest BCUT2D eigenvalue weighted by Gasteiger charge is 2.34. The molecule has 0 aliphatic carbocycles. The number of fused-ring (bicyclic) bond motifs is 1. The van der Waals surface area contributed by atoms with Crippen LogP contribution in [0, 0.1) is 6.92 Å². The van der Waals surface area contributed by atoms with E-state index in [2.05, 4.69) is 20.5 Å². The summed E-state index contributed by atoms with van der Waals surface area (Å²) >= 11 is 0. The van der Waals surface area contributed by atoms with Gasteiger partial charge in [0.1, 0.15) is 5.82 Å². The van der Waals surface area contributed by atoms with Gasteiger partial charge in [-0.15, -0.1) is 0 Å². The molecule has 1 aromatic carbocycles. The molecule has 0 radical (unpaired) electrons. The predicted molar refractivity (Wildman–Crippen MR) is 105 cm³/mol. The van der Waals surface area contributed by atoms with Gasteiger partial charge in [0.15, 0.2) is 5.82 Å². The zero-order valence-electron chi connectivity index (χ0n) is 15.3. The summed E-state index contributed by atoms with van der Waals surface area (Å²) in [5, 5.41) is 12.2. The molecule has 1 amide bonds. The molecule has 138 valence electrons. The van der Waals surface area contributed by atoms with Crippen molar-refractivity contribution in [3.63, 3.8) is 0 Å². The Balaban J connectivity index is 1.67. The van der Waals surface area contributed by atoms with Crippen molar-refractivity contribution in [1.82, 2.24) is 24.5 Å². The average molecular weight is 370 g/mol. The first-order chi connectivity index (χ1) is 13.7. The second-order valence-corrected chi connectivity index (χ2v) is 6.76. The summed E-state index contributed by atoms with van der Waals surface area (Å²) in [5.74, 6) is 1.17. The number of amides is 1. The minimum absolute atomic E-state index is 0.0459. The smallest absolute Gasteiger partial charge is 0.226 e. The Morgan fingerprint density at radius 1 is 1.00 bits per heavy atom. The topological polar surface area (TPSA) is 77.6 Å². The van der Waals surface area contributed by atoms with Gasteiger partial charge >= 0.3 is 0 Å². The van der Waals surface area contributed by atoms with Crippen LogP contribution in [-0.4, -0.2) is 30.5 Å². The van der Waals surface area contributed by atoms with Crippen LogP contribution in [0.15, 0.2) is 67.0 Å².